The number of ketones is 1. The van der Waals surface area contributed by atoms with Gasteiger partial charge in [0.25, 0.3) is 0 Å². The molecule has 3 heteroatoms. The fourth-order valence-electron chi connectivity index (χ4n) is 2.69. The van der Waals surface area contributed by atoms with Crippen LogP contribution in [-0.2, 0) is 13.6 Å². The second-order valence-corrected chi connectivity index (χ2v) is 4.85. The van der Waals surface area contributed by atoms with Gasteiger partial charge in [-0.05, 0) is 20.0 Å². The van der Waals surface area contributed by atoms with Crippen LogP contribution in [-0.4, -0.2) is 28.3 Å². The zero-order chi connectivity index (χ0) is 12.2. The maximum atomic E-state index is 12.4. The molecule has 0 bridgehead atoms. The van der Waals surface area contributed by atoms with Crippen molar-refractivity contribution in [3.63, 3.8) is 0 Å². The molecule has 3 nitrogen and oxygen atoms in total. The number of aromatic nitrogens is 1. The molecule has 0 N–H and O–H groups in total. The molecule has 0 aliphatic carbocycles. The van der Waals surface area contributed by atoms with Gasteiger partial charge in [-0.2, -0.15) is 0 Å². The molecule has 0 saturated carbocycles. The van der Waals surface area contributed by atoms with E-state index in [0.717, 1.165) is 28.7 Å². The van der Waals surface area contributed by atoms with E-state index < -0.39 is 0 Å². The number of likely N-dealkylation sites (N-methyl/N-ethyl adjacent to an activating group) is 1. The van der Waals surface area contributed by atoms with E-state index in [4.69, 9.17) is 0 Å². The van der Waals surface area contributed by atoms with Gasteiger partial charge in [0.2, 0.25) is 0 Å². The number of fused-ring (bicyclic) bond motifs is 3. The molecule has 2 aromatic rings. The predicted molar refractivity (Wildman–Crippen MR) is 68.2 cm³/mol. The molecule has 17 heavy (non-hydrogen) atoms. The Morgan fingerprint density at radius 3 is 2.71 bits per heavy atom. The minimum atomic E-state index is -0.0201. The van der Waals surface area contributed by atoms with E-state index >= 15 is 0 Å². The zero-order valence-corrected chi connectivity index (χ0v) is 10.4. The van der Waals surface area contributed by atoms with Crippen molar-refractivity contribution in [3.8, 4) is 0 Å². The van der Waals surface area contributed by atoms with Crippen LogP contribution in [0.5, 0.6) is 0 Å². The van der Waals surface area contributed by atoms with Crippen LogP contribution in [0.2, 0.25) is 0 Å². The van der Waals surface area contributed by atoms with Crippen molar-refractivity contribution in [2.45, 2.75) is 19.5 Å². The standard InChI is InChI=1S/C14H16N2O/c1-9-14(17)13-10-6-4-5-7-11(10)16(3)12(13)8-15(9)2/h4-7,9H,8H2,1-3H3/t9-/m0/s1. The highest BCUT2D eigenvalue weighted by Gasteiger charge is 2.32. The Morgan fingerprint density at radius 1 is 1.24 bits per heavy atom. The first kappa shape index (κ1) is 10.5. The van der Waals surface area contributed by atoms with Crippen LogP contribution in [0.15, 0.2) is 24.3 Å². The van der Waals surface area contributed by atoms with Crippen LogP contribution in [0.25, 0.3) is 10.9 Å². The molecule has 88 valence electrons. The van der Waals surface area contributed by atoms with E-state index in [0.29, 0.717) is 0 Å². The lowest BCUT2D eigenvalue weighted by atomic mass is 9.97. The van der Waals surface area contributed by atoms with Gasteiger partial charge in [-0.25, -0.2) is 0 Å². The van der Waals surface area contributed by atoms with E-state index in [-0.39, 0.29) is 11.8 Å². The quantitative estimate of drug-likeness (QED) is 0.690. The second kappa shape index (κ2) is 3.44. The summed E-state index contributed by atoms with van der Waals surface area (Å²) in [7, 11) is 4.04. The van der Waals surface area contributed by atoms with Gasteiger partial charge in [-0.15, -0.1) is 0 Å². The number of nitrogens with zero attached hydrogens (tertiary/aromatic N) is 2. The molecule has 1 aromatic heterocycles. The summed E-state index contributed by atoms with van der Waals surface area (Å²) in [5.74, 6) is 0.241. The average Bonchev–Trinajstić information content (AvgIpc) is 2.61. The third kappa shape index (κ3) is 1.29. The van der Waals surface area contributed by atoms with E-state index in [9.17, 15) is 4.79 Å². The van der Waals surface area contributed by atoms with Gasteiger partial charge in [0.15, 0.2) is 5.78 Å². The number of hydrogen-bond donors (Lipinski definition) is 0. The second-order valence-electron chi connectivity index (χ2n) is 4.85. The van der Waals surface area contributed by atoms with Crippen LogP contribution in [0.4, 0.5) is 0 Å². The predicted octanol–water partition coefficient (Wildman–Crippen LogP) is 2.19. The van der Waals surface area contributed by atoms with Crippen molar-refractivity contribution in [1.29, 1.82) is 0 Å². The molecule has 0 unspecified atom stereocenters. The Hall–Kier alpha value is -1.61. The number of carbonyl (C=O) groups excluding carboxylic acids is 1. The maximum absolute atomic E-state index is 12.4. The van der Waals surface area contributed by atoms with Crippen LogP contribution >= 0.6 is 0 Å². The van der Waals surface area contributed by atoms with Crippen molar-refractivity contribution < 1.29 is 4.79 Å². The van der Waals surface area contributed by atoms with Crippen LogP contribution < -0.4 is 0 Å². The number of aryl methyl sites for hydroxylation is 1. The molecule has 3 rings (SSSR count). The van der Waals surface area contributed by atoms with Gasteiger partial charge >= 0.3 is 0 Å². The van der Waals surface area contributed by atoms with Gasteiger partial charge < -0.3 is 4.57 Å². The minimum Gasteiger partial charge on any atom is -0.346 e. The third-order valence-corrected chi connectivity index (χ3v) is 3.91. The van der Waals surface area contributed by atoms with Gasteiger partial charge in [0.1, 0.15) is 0 Å². The van der Waals surface area contributed by atoms with E-state index in [1.54, 1.807) is 0 Å². The Balaban J connectivity index is 2.37. The first-order valence-corrected chi connectivity index (χ1v) is 5.92. The average molecular weight is 228 g/mol. The number of benzene rings is 1. The molecule has 0 saturated heterocycles. The Labute approximate surface area is 101 Å². The van der Waals surface area contributed by atoms with Crippen molar-refractivity contribution in [2.75, 3.05) is 7.05 Å². The number of carbonyl (C=O) groups is 1. The highest BCUT2D eigenvalue weighted by atomic mass is 16.1. The molecule has 2 heterocycles. The number of rotatable bonds is 0. The highest BCUT2D eigenvalue weighted by molar-refractivity contribution is 6.12. The molecule has 0 radical (unpaired) electrons. The highest BCUT2D eigenvalue weighted by Crippen LogP contribution is 2.31. The fraction of sp³-hybridized carbons (Fsp3) is 0.357. The maximum Gasteiger partial charge on any atom is 0.182 e. The summed E-state index contributed by atoms with van der Waals surface area (Å²) >= 11 is 0. The summed E-state index contributed by atoms with van der Waals surface area (Å²) in [5, 5.41) is 1.09. The summed E-state index contributed by atoms with van der Waals surface area (Å²) in [6.45, 7) is 2.82. The molecule has 0 fully saturated rings. The van der Waals surface area contributed by atoms with Gasteiger partial charge in [-0.3, -0.25) is 9.69 Å². The molecule has 0 spiro atoms. The first-order valence-electron chi connectivity index (χ1n) is 5.92. The third-order valence-electron chi connectivity index (χ3n) is 3.91. The molecule has 1 aromatic carbocycles. The molecule has 0 amide bonds. The van der Waals surface area contributed by atoms with Gasteiger partial charge in [-0.1, -0.05) is 18.2 Å². The van der Waals surface area contributed by atoms with E-state index in [1.807, 2.05) is 39.2 Å². The summed E-state index contributed by atoms with van der Waals surface area (Å²) in [5.41, 5.74) is 3.21. The van der Waals surface area contributed by atoms with E-state index in [2.05, 4.69) is 15.5 Å². The van der Waals surface area contributed by atoms with Crippen molar-refractivity contribution in [1.82, 2.24) is 9.47 Å². The molecule has 1 aliphatic heterocycles. The zero-order valence-electron chi connectivity index (χ0n) is 10.4. The molecular weight excluding hydrogens is 212 g/mol. The SMILES string of the molecule is C[C@H]1C(=O)c2c(n(C)c3ccccc23)CN1C. The lowest BCUT2D eigenvalue weighted by Gasteiger charge is -2.29. The monoisotopic (exact) mass is 228 g/mol. The van der Waals surface area contributed by atoms with Crippen LogP contribution in [0, 0.1) is 0 Å². The summed E-state index contributed by atoms with van der Waals surface area (Å²) in [4.78, 5) is 14.5. The van der Waals surface area contributed by atoms with Crippen molar-refractivity contribution in [2.24, 2.45) is 7.05 Å². The van der Waals surface area contributed by atoms with Gasteiger partial charge in [0, 0.05) is 35.8 Å². The van der Waals surface area contributed by atoms with Crippen molar-refractivity contribution >= 4 is 16.7 Å². The molecule has 1 aliphatic rings. The minimum absolute atomic E-state index is 0.0201. The van der Waals surface area contributed by atoms with Gasteiger partial charge in [0.05, 0.1) is 6.04 Å². The van der Waals surface area contributed by atoms with Crippen LogP contribution in [0.1, 0.15) is 23.0 Å². The summed E-state index contributed by atoms with van der Waals surface area (Å²) < 4.78 is 2.14. The molecule has 1 atom stereocenters. The largest absolute Gasteiger partial charge is 0.346 e. The Morgan fingerprint density at radius 2 is 1.94 bits per heavy atom. The smallest absolute Gasteiger partial charge is 0.182 e. The number of para-hydroxylation sites is 1. The fourth-order valence-corrected chi connectivity index (χ4v) is 2.69. The number of hydrogen-bond acceptors (Lipinski definition) is 2. The number of Topliss-reactive ketones (excluding diaryl/α,β-unsaturated/α-hetero) is 1. The van der Waals surface area contributed by atoms with E-state index in [1.165, 1.54) is 0 Å². The summed E-state index contributed by atoms with van der Waals surface area (Å²) in [6, 6.07) is 8.12. The topological polar surface area (TPSA) is 25.2 Å². The Bertz CT molecular complexity index is 612. The normalized spacial score (nSPS) is 20.9. The lowest BCUT2D eigenvalue weighted by Crippen LogP contribution is -2.40. The lowest BCUT2D eigenvalue weighted by molar-refractivity contribution is 0.0831. The Kier molecular flexibility index (Phi) is 2.13. The van der Waals surface area contributed by atoms with Crippen LogP contribution in [0.3, 0.4) is 0 Å². The van der Waals surface area contributed by atoms with Crippen molar-refractivity contribution in [3.05, 3.63) is 35.5 Å². The first-order chi connectivity index (χ1) is 8.11. The summed E-state index contributed by atoms with van der Waals surface area (Å²) in [6.07, 6.45) is 0. The molecular formula is C14H16N2O.